The third kappa shape index (κ3) is 4.14. The molecule has 1 aromatic carbocycles. The van der Waals surface area contributed by atoms with Gasteiger partial charge >= 0.3 is 0 Å². The van der Waals surface area contributed by atoms with Crippen LogP contribution in [-0.2, 0) is 13.0 Å². The van der Waals surface area contributed by atoms with Crippen molar-refractivity contribution < 1.29 is 4.79 Å². The van der Waals surface area contributed by atoms with Crippen molar-refractivity contribution in [3.05, 3.63) is 101 Å². The molecule has 0 saturated heterocycles. The van der Waals surface area contributed by atoms with Gasteiger partial charge in [0.25, 0.3) is 5.91 Å². The first-order valence-electron chi connectivity index (χ1n) is 10.1. The monoisotopic (exact) mass is 407 g/mol. The third-order valence-electron chi connectivity index (χ3n) is 5.26. The van der Waals surface area contributed by atoms with Gasteiger partial charge in [0, 0.05) is 59.8 Å². The molecule has 0 aliphatic rings. The molecule has 6 nitrogen and oxygen atoms in total. The maximum atomic E-state index is 12.7. The van der Waals surface area contributed by atoms with E-state index < -0.39 is 0 Å². The summed E-state index contributed by atoms with van der Waals surface area (Å²) >= 11 is 0. The lowest BCUT2D eigenvalue weighted by molar-refractivity contribution is 0.0950. The quantitative estimate of drug-likeness (QED) is 0.454. The van der Waals surface area contributed by atoms with Crippen molar-refractivity contribution >= 4 is 27.8 Å². The van der Waals surface area contributed by atoms with E-state index in [0.29, 0.717) is 18.5 Å². The first-order chi connectivity index (χ1) is 15.1. The summed E-state index contributed by atoms with van der Waals surface area (Å²) in [6.45, 7) is 2.46. The van der Waals surface area contributed by atoms with Gasteiger partial charge in [-0.05, 0) is 66.1 Å². The molecule has 4 aromatic heterocycles. The minimum atomic E-state index is -0.129. The Morgan fingerprint density at radius 2 is 1.84 bits per heavy atom. The highest BCUT2D eigenvalue weighted by atomic mass is 16.1. The van der Waals surface area contributed by atoms with Gasteiger partial charge in [-0.15, -0.1) is 0 Å². The number of nitrogens with one attached hydrogen (secondary N) is 2. The van der Waals surface area contributed by atoms with Crippen LogP contribution in [0, 0.1) is 6.92 Å². The molecular weight excluding hydrogens is 386 g/mol. The number of rotatable bonds is 5. The molecule has 0 aliphatic carbocycles. The number of aromatic amines is 1. The maximum absolute atomic E-state index is 12.7. The number of carbonyl (C=O) groups excluding carboxylic acids is 1. The molecule has 0 atom stereocenters. The van der Waals surface area contributed by atoms with Crippen molar-refractivity contribution in [2.24, 2.45) is 0 Å². The predicted molar refractivity (Wildman–Crippen MR) is 121 cm³/mol. The molecule has 4 heterocycles. The van der Waals surface area contributed by atoms with E-state index in [4.69, 9.17) is 0 Å². The summed E-state index contributed by atoms with van der Waals surface area (Å²) in [5, 5.41) is 5.11. The Kier molecular flexibility index (Phi) is 4.88. The molecule has 6 heteroatoms. The average molecular weight is 407 g/mol. The zero-order chi connectivity index (χ0) is 21.2. The first-order valence-corrected chi connectivity index (χ1v) is 10.1. The van der Waals surface area contributed by atoms with Crippen LogP contribution in [0.4, 0.5) is 0 Å². The minimum Gasteiger partial charge on any atom is -0.348 e. The normalized spacial score (nSPS) is 11.1. The number of amides is 1. The Morgan fingerprint density at radius 1 is 0.935 bits per heavy atom. The van der Waals surface area contributed by atoms with E-state index in [2.05, 4.69) is 43.5 Å². The summed E-state index contributed by atoms with van der Waals surface area (Å²) in [5.74, 6) is -0.129. The zero-order valence-corrected chi connectivity index (χ0v) is 17.1. The zero-order valence-electron chi connectivity index (χ0n) is 17.1. The van der Waals surface area contributed by atoms with E-state index in [0.717, 1.165) is 44.3 Å². The second-order valence-corrected chi connectivity index (χ2v) is 7.69. The van der Waals surface area contributed by atoms with E-state index in [1.165, 1.54) is 0 Å². The fourth-order valence-corrected chi connectivity index (χ4v) is 3.69. The van der Waals surface area contributed by atoms with Crippen LogP contribution < -0.4 is 5.32 Å². The van der Waals surface area contributed by atoms with Gasteiger partial charge in [0.05, 0.1) is 5.52 Å². The molecule has 5 rings (SSSR count). The minimum absolute atomic E-state index is 0.129. The molecule has 152 valence electrons. The Hall–Kier alpha value is -4.06. The summed E-state index contributed by atoms with van der Waals surface area (Å²) < 4.78 is 0. The van der Waals surface area contributed by atoms with Crippen molar-refractivity contribution in [1.29, 1.82) is 0 Å². The molecule has 0 bridgehead atoms. The molecule has 0 fully saturated rings. The molecule has 2 N–H and O–H groups in total. The number of H-pyrrole nitrogens is 1. The number of hydrogen-bond acceptors (Lipinski definition) is 4. The van der Waals surface area contributed by atoms with Crippen LogP contribution in [0.25, 0.3) is 21.9 Å². The van der Waals surface area contributed by atoms with Gasteiger partial charge in [-0.25, -0.2) is 4.98 Å². The largest absolute Gasteiger partial charge is 0.348 e. The van der Waals surface area contributed by atoms with Crippen LogP contribution in [0.3, 0.4) is 0 Å². The molecular formula is C25H21N5O. The number of hydrogen-bond donors (Lipinski definition) is 2. The van der Waals surface area contributed by atoms with Crippen molar-refractivity contribution in [3.8, 4) is 0 Å². The summed E-state index contributed by atoms with van der Waals surface area (Å²) in [6, 6.07) is 15.9. The fraction of sp³-hybridized carbons (Fsp3) is 0.120. The summed E-state index contributed by atoms with van der Waals surface area (Å²) in [4.78, 5) is 29.0. The third-order valence-corrected chi connectivity index (χ3v) is 5.26. The topological polar surface area (TPSA) is 83.6 Å². The number of nitrogens with zero attached hydrogens (tertiary/aromatic N) is 3. The lowest BCUT2D eigenvalue weighted by Crippen LogP contribution is -2.23. The Bertz CT molecular complexity index is 1410. The van der Waals surface area contributed by atoms with Gasteiger partial charge < -0.3 is 10.3 Å². The van der Waals surface area contributed by atoms with Gasteiger partial charge in [-0.2, -0.15) is 0 Å². The molecule has 31 heavy (non-hydrogen) atoms. The van der Waals surface area contributed by atoms with Crippen molar-refractivity contribution in [2.45, 2.75) is 19.9 Å². The van der Waals surface area contributed by atoms with E-state index in [1.807, 2.05) is 43.6 Å². The molecule has 0 aliphatic heterocycles. The van der Waals surface area contributed by atoms with Gasteiger partial charge in [0.15, 0.2) is 0 Å². The highest BCUT2D eigenvalue weighted by molar-refractivity contribution is 5.94. The number of pyridine rings is 3. The van der Waals surface area contributed by atoms with Crippen molar-refractivity contribution in [2.75, 3.05) is 0 Å². The van der Waals surface area contributed by atoms with Crippen LogP contribution in [0.2, 0.25) is 0 Å². The van der Waals surface area contributed by atoms with Crippen LogP contribution in [0.15, 0.2) is 73.3 Å². The second kappa shape index (κ2) is 7.99. The van der Waals surface area contributed by atoms with Crippen LogP contribution >= 0.6 is 0 Å². The second-order valence-electron chi connectivity index (χ2n) is 7.69. The van der Waals surface area contributed by atoms with E-state index in [9.17, 15) is 4.79 Å². The summed E-state index contributed by atoms with van der Waals surface area (Å²) in [6.07, 6.45) is 7.83. The molecule has 1 amide bonds. The van der Waals surface area contributed by atoms with Crippen molar-refractivity contribution in [3.63, 3.8) is 0 Å². The van der Waals surface area contributed by atoms with E-state index in [-0.39, 0.29) is 5.91 Å². The molecule has 0 spiro atoms. The standard InChI is InChI=1S/C25H21N5O/c1-16-8-21-9-17(2-3-23(21)28-13-16)11-22-12-20(5-6-26-22)25(31)30-15-18-10-19-4-7-27-24(19)29-14-18/h2-10,12-14H,11,15H2,1H3,(H,27,29)(H,30,31). The lowest BCUT2D eigenvalue weighted by atomic mass is 10.0. The smallest absolute Gasteiger partial charge is 0.251 e. The highest BCUT2D eigenvalue weighted by Crippen LogP contribution is 2.18. The number of fused-ring (bicyclic) bond motifs is 2. The molecule has 0 unspecified atom stereocenters. The Labute approximate surface area is 179 Å². The van der Waals surface area contributed by atoms with Gasteiger partial charge in [0.2, 0.25) is 0 Å². The van der Waals surface area contributed by atoms with E-state index in [1.54, 1.807) is 18.5 Å². The maximum Gasteiger partial charge on any atom is 0.251 e. The van der Waals surface area contributed by atoms with Crippen LogP contribution in [0.5, 0.6) is 0 Å². The fourth-order valence-electron chi connectivity index (χ4n) is 3.69. The van der Waals surface area contributed by atoms with Crippen molar-refractivity contribution in [1.82, 2.24) is 25.3 Å². The molecule has 0 saturated carbocycles. The van der Waals surface area contributed by atoms with Crippen LogP contribution in [-0.4, -0.2) is 25.8 Å². The van der Waals surface area contributed by atoms with Crippen LogP contribution in [0.1, 0.15) is 32.7 Å². The highest BCUT2D eigenvalue weighted by Gasteiger charge is 2.09. The number of benzene rings is 1. The first kappa shape index (κ1) is 18.9. The number of aryl methyl sites for hydroxylation is 1. The van der Waals surface area contributed by atoms with Gasteiger partial charge in [-0.3, -0.25) is 14.8 Å². The summed E-state index contributed by atoms with van der Waals surface area (Å²) in [5.41, 5.74) is 6.48. The molecule has 0 radical (unpaired) electrons. The Balaban J connectivity index is 1.29. The number of carbonyl (C=O) groups is 1. The average Bonchev–Trinajstić information content (AvgIpc) is 3.25. The van der Waals surface area contributed by atoms with E-state index >= 15 is 0 Å². The Morgan fingerprint density at radius 3 is 2.77 bits per heavy atom. The predicted octanol–water partition coefficient (Wildman–Crippen LogP) is 4.34. The van der Waals surface area contributed by atoms with Gasteiger partial charge in [-0.1, -0.05) is 6.07 Å². The lowest BCUT2D eigenvalue weighted by Gasteiger charge is -2.08. The number of aromatic nitrogens is 4. The molecule has 5 aromatic rings. The van der Waals surface area contributed by atoms with Gasteiger partial charge in [0.1, 0.15) is 5.65 Å². The SMILES string of the molecule is Cc1cnc2ccc(Cc3cc(C(=O)NCc4cnc5[nH]ccc5c4)ccn3)cc2c1. The summed E-state index contributed by atoms with van der Waals surface area (Å²) in [7, 11) is 0.